The van der Waals surface area contributed by atoms with Crippen molar-refractivity contribution >= 4 is 11.7 Å². The summed E-state index contributed by atoms with van der Waals surface area (Å²) in [4.78, 5) is 11.8. The van der Waals surface area contributed by atoms with E-state index in [9.17, 15) is 15.0 Å². The van der Waals surface area contributed by atoms with Gasteiger partial charge < -0.3 is 30.3 Å². The molecule has 114 valence electrons. The Morgan fingerprint density at radius 2 is 1.77 bits per heavy atom. The Bertz CT molecular complexity index is 697. The molecule has 0 unspecified atom stereocenters. The number of anilines is 1. The van der Waals surface area contributed by atoms with E-state index in [1.165, 1.54) is 18.2 Å². The SMILES string of the molecule is O=C(NCc1ccc2c(c1)OCO2)Nc1cc(O)cc(O)c1. The van der Waals surface area contributed by atoms with Gasteiger partial charge in [0.25, 0.3) is 0 Å². The van der Waals surface area contributed by atoms with Crippen LogP contribution in [0.1, 0.15) is 5.56 Å². The maximum atomic E-state index is 11.8. The van der Waals surface area contributed by atoms with E-state index in [4.69, 9.17) is 9.47 Å². The number of fused-ring (bicyclic) bond motifs is 1. The molecule has 1 heterocycles. The van der Waals surface area contributed by atoms with Gasteiger partial charge in [-0.1, -0.05) is 6.07 Å². The van der Waals surface area contributed by atoms with Crippen molar-refractivity contribution in [1.82, 2.24) is 5.32 Å². The standard InChI is InChI=1S/C15H14N2O5/c18-11-4-10(5-12(19)6-11)17-15(20)16-7-9-1-2-13-14(3-9)22-8-21-13/h1-6,18-19H,7-8H2,(H2,16,17,20). The minimum atomic E-state index is -0.456. The monoisotopic (exact) mass is 302 g/mol. The van der Waals surface area contributed by atoms with E-state index < -0.39 is 6.03 Å². The van der Waals surface area contributed by atoms with Gasteiger partial charge in [0.15, 0.2) is 11.5 Å². The highest BCUT2D eigenvalue weighted by molar-refractivity contribution is 5.89. The van der Waals surface area contributed by atoms with Crippen LogP contribution in [0.3, 0.4) is 0 Å². The Kier molecular flexibility index (Phi) is 3.61. The molecule has 0 aromatic heterocycles. The molecule has 0 bridgehead atoms. The van der Waals surface area contributed by atoms with Crippen molar-refractivity contribution in [2.45, 2.75) is 6.54 Å². The van der Waals surface area contributed by atoms with Gasteiger partial charge in [-0.05, 0) is 17.7 Å². The largest absolute Gasteiger partial charge is 0.508 e. The van der Waals surface area contributed by atoms with Gasteiger partial charge in [-0.25, -0.2) is 4.79 Å². The zero-order valence-electron chi connectivity index (χ0n) is 11.5. The predicted molar refractivity (Wildman–Crippen MR) is 78.2 cm³/mol. The number of carbonyl (C=O) groups excluding carboxylic acids is 1. The highest BCUT2D eigenvalue weighted by atomic mass is 16.7. The second-order valence-electron chi connectivity index (χ2n) is 4.73. The number of phenols is 2. The first-order valence-corrected chi connectivity index (χ1v) is 6.56. The number of rotatable bonds is 3. The summed E-state index contributed by atoms with van der Waals surface area (Å²) in [6, 6.07) is 8.79. The molecule has 0 saturated carbocycles. The lowest BCUT2D eigenvalue weighted by atomic mass is 10.2. The van der Waals surface area contributed by atoms with Gasteiger partial charge in [-0.15, -0.1) is 0 Å². The number of amides is 2. The van der Waals surface area contributed by atoms with E-state index in [0.717, 1.165) is 5.56 Å². The zero-order valence-corrected chi connectivity index (χ0v) is 11.5. The summed E-state index contributed by atoms with van der Waals surface area (Å²) in [5.41, 5.74) is 1.15. The fourth-order valence-electron chi connectivity index (χ4n) is 2.08. The second-order valence-corrected chi connectivity index (χ2v) is 4.73. The first kappa shape index (κ1) is 13.9. The van der Waals surface area contributed by atoms with E-state index in [0.29, 0.717) is 23.7 Å². The molecule has 0 radical (unpaired) electrons. The van der Waals surface area contributed by atoms with Gasteiger partial charge in [-0.2, -0.15) is 0 Å². The molecule has 1 aliphatic heterocycles. The number of hydrogen-bond acceptors (Lipinski definition) is 5. The Hall–Kier alpha value is -3.09. The average Bonchev–Trinajstić information content (AvgIpc) is 2.91. The van der Waals surface area contributed by atoms with Gasteiger partial charge in [0, 0.05) is 30.4 Å². The first-order valence-electron chi connectivity index (χ1n) is 6.56. The van der Waals surface area contributed by atoms with Crippen molar-refractivity contribution in [1.29, 1.82) is 0 Å². The van der Waals surface area contributed by atoms with Gasteiger partial charge >= 0.3 is 6.03 Å². The fourth-order valence-corrected chi connectivity index (χ4v) is 2.08. The number of ether oxygens (including phenoxy) is 2. The van der Waals surface area contributed by atoms with Crippen molar-refractivity contribution < 1.29 is 24.5 Å². The molecule has 0 saturated heterocycles. The number of nitrogens with one attached hydrogen (secondary N) is 2. The third-order valence-electron chi connectivity index (χ3n) is 3.05. The normalized spacial score (nSPS) is 12.0. The molecular weight excluding hydrogens is 288 g/mol. The van der Waals surface area contributed by atoms with Crippen molar-refractivity contribution in [3.63, 3.8) is 0 Å². The first-order chi connectivity index (χ1) is 10.6. The minimum Gasteiger partial charge on any atom is -0.508 e. The van der Waals surface area contributed by atoms with Gasteiger partial charge in [0.1, 0.15) is 11.5 Å². The van der Waals surface area contributed by atoms with E-state index >= 15 is 0 Å². The highest BCUT2D eigenvalue weighted by Gasteiger charge is 2.13. The van der Waals surface area contributed by atoms with E-state index in [1.54, 1.807) is 12.1 Å². The number of urea groups is 1. The van der Waals surface area contributed by atoms with Crippen LogP contribution in [-0.2, 0) is 6.54 Å². The van der Waals surface area contributed by atoms with Crippen LogP contribution in [0.2, 0.25) is 0 Å². The van der Waals surface area contributed by atoms with Gasteiger partial charge in [0.2, 0.25) is 6.79 Å². The molecule has 0 aliphatic carbocycles. The van der Waals surface area contributed by atoms with Crippen LogP contribution < -0.4 is 20.1 Å². The number of carbonyl (C=O) groups is 1. The van der Waals surface area contributed by atoms with E-state index in [-0.39, 0.29) is 18.3 Å². The molecule has 2 amide bonds. The number of aromatic hydroxyl groups is 2. The Morgan fingerprint density at radius 3 is 2.55 bits per heavy atom. The van der Waals surface area contributed by atoms with Crippen LogP contribution in [0.25, 0.3) is 0 Å². The highest BCUT2D eigenvalue weighted by Crippen LogP contribution is 2.32. The third kappa shape index (κ3) is 3.14. The molecule has 3 rings (SSSR count). The van der Waals surface area contributed by atoms with Crippen LogP contribution >= 0.6 is 0 Å². The molecule has 0 atom stereocenters. The van der Waals surface area contributed by atoms with Crippen LogP contribution in [-0.4, -0.2) is 23.0 Å². The Balaban J connectivity index is 1.58. The lowest BCUT2D eigenvalue weighted by Crippen LogP contribution is -2.28. The van der Waals surface area contributed by atoms with E-state index in [1.807, 2.05) is 6.07 Å². The van der Waals surface area contributed by atoms with Crippen molar-refractivity contribution in [3.8, 4) is 23.0 Å². The number of hydrogen-bond donors (Lipinski definition) is 4. The number of phenolic OH excluding ortho intramolecular Hbond substituents is 2. The quantitative estimate of drug-likeness (QED) is 0.696. The zero-order chi connectivity index (χ0) is 15.5. The third-order valence-corrected chi connectivity index (χ3v) is 3.05. The molecule has 7 heteroatoms. The van der Waals surface area contributed by atoms with Gasteiger partial charge in [-0.3, -0.25) is 0 Å². The topological polar surface area (TPSA) is 100 Å². The van der Waals surface area contributed by atoms with Gasteiger partial charge in [0.05, 0.1) is 0 Å². The molecule has 7 nitrogen and oxygen atoms in total. The lowest BCUT2D eigenvalue weighted by Gasteiger charge is -2.09. The summed E-state index contributed by atoms with van der Waals surface area (Å²) in [5, 5.41) is 23.9. The smallest absolute Gasteiger partial charge is 0.319 e. The maximum absolute atomic E-state index is 11.8. The summed E-state index contributed by atoms with van der Waals surface area (Å²) in [6.45, 7) is 0.501. The predicted octanol–water partition coefficient (Wildman–Crippen LogP) is 2.15. The van der Waals surface area contributed by atoms with E-state index in [2.05, 4.69) is 10.6 Å². The maximum Gasteiger partial charge on any atom is 0.319 e. The van der Waals surface area contributed by atoms with Crippen LogP contribution in [0.4, 0.5) is 10.5 Å². The molecule has 4 N–H and O–H groups in total. The Labute approximate surface area is 126 Å². The molecule has 1 aliphatic rings. The summed E-state index contributed by atoms with van der Waals surface area (Å²) < 4.78 is 10.5. The van der Waals surface area contributed by atoms with Crippen molar-refractivity contribution in [2.75, 3.05) is 12.1 Å². The molecule has 2 aromatic carbocycles. The minimum absolute atomic E-state index is 0.133. The summed E-state index contributed by atoms with van der Waals surface area (Å²) >= 11 is 0. The summed E-state index contributed by atoms with van der Waals surface area (Å²) in [5.74, 6) is 1.07. The van der Waals surface area contributed by atoms with Crippen LogP contribution in [0.5, 0.6) is 23.0 Å². The molecule has 22 heavy (non-hydrogen) atoms. The average molecular weight is 302 g/mol. The number of benzene rings is 2. The summed E-state index contributed by atoms with van der Waals surface area (Å²) in [6.07, 6.45) is 0. The summed E-state index contributed by atoms with van der Waals surface area (Å²) in [7, 11) is 0. The van der Waals surface area contributed by atoms with Crippen LogP contribution in [0, 0.1) is 0 Å². The van der Waals surface area contributed by atoms with Crippen molar-refractivity contribution in [3.05, 3.63) is 42.0 Å². The Morgan fingerprint density at radius 1 is 1.05 bits per heavy atom. The molecule has 0 spiro atoms. The molecule has 2 aromatic rings. The fraction of sp³-hybridized carbons (Fsp3) is 0.133. The van der Waals surface area contributed by atoms with Crippen LogP contribution in [0.15, 0.2) is 36.4 Å². The molecular formula is C15H14N2O5. The van der Waals surface area contributed by atoms with Crippen molar-refractivity contribution in [2.24, 2.45) is 0 Å². The molecule has 0 fully saturated rings. The second kappa shape index (κ2) is 5.72. The lowest BCUT2D eigenvalue weighted by molar-refractivity contribution is 0.174.